The van der Waals surface area contributed by atoms with Crippen LogP contribution in [0, 0.1) is 0 Å². The Labute approximate surface area is 349 Å². The lowest BCUT2D eigenvalue weighted by atomic mass is 9.90. The summed E-state index contributed by atoms with van der Waals surface area (Å²) in [5.41, 5.74) is 16.8. The lowest BCUT2D eigenvalue weighted by molar-refractivity contribution is 0.669. The van der Waals surface area contributed by atoms with Crippen LogP contribution in [0.25, 0.3) is 88.3 Å². The van der Waals surface area contributed by atoms with Gasteiger partial charge in [0.25, 0.3) is 0 Å². The van der Waals surface area contributed by atoms with E-state index in [1.165, 1.54) is 38.6 Å². The first-order valence-corrected chi connectivity index (χ1v) is 20.5. The monoisotopic (exact) mass is 765 g/mol. The highest BCUT2D eigenvalue weighted by atomic mass is 16.3. The summed E-state index contributed by atoms with van der Waals surface area (Å²) in [6, 6.07) is 84.9. The third-order valence-electron chi connectivity index (χ3n) is 11.7. The number of para-hydroxylation sites is 3. The zero-order valence-electron chi connectivity index (χ0n) is 32.9. The molecule has 0 fully saturated rings. The highest BCUT2D eigenvalue weighted by Gasteiger charge is 2.22. The number of furan rings is 1. The van der Waals surface area contributed by atoms with Crippen LogP contribution in [0.5, 0.6) is 0 Å². The summed E-state index contributed by atoms with van der Waals surface area (Å²) >= 11 is 0. The molecule has 0 aliphatic heterocycles. The molecule has 1 aromatic heterocycles. The molecule has 0 spiro atoms. The average molecular weight is 766 g/mol. The van der Waals surface area contributed by atoms with Gasteiger partial charge in [-0.1, -0.05) is 200 Å². The van der Waals surface area contributed by atoms with E-state index < -0.39 is 0 Å². The van der Waals surface area contributed by atoms with Crippen LogP contribution >= 0.6 is 0 Å². The Balaban J connectivity index is 1.11. The minimum atomic E-state index is 0.894. The van der Waals surface area contributed by atoms with Crippen molar-refractivity contribution >= 4 is 49.8 Å². The lowest BCUT2D eigenvalue weighted by Crippen LogP contribution is -2.12. The van der Waals surface area contributed by atoms with Crippen molar-refractivity contribution in [3.63, 3.8) is 0 Å². The van der Waals surface area contributed by atoms with Crippen molar-refractivity contribution in [1.82, 2.24) is 0 Å². The number of anilines is 3. The van der Waals surface area contributed by atoms with Gasteiger partial charge in [-0.05, 0) is 91.7 Å². The maximum absolute atomic E-state index is 6.29. The third-order valence-corrected chi connectivity index (χ3v) is 11.7. The largest absolute Gasteiger partial charge is 0.456 e. The van der Waals surface area contributed by atoms with E-state index in [4.69, 9.17) is 4.42 Å². The van der Waals surface area contributed by atoms with Crippen LogP contribution in [-0.2, 0) is 0 Å². The Morgan fingerprint density at radius 2 is 0.717 bits per heavy atom. The Morgan fingerprint density at radius 3 is 1.45 bits per heavy atom. The Kier molecular flexibility index (Phi) is 8.87. The van der Waals surface area contributed by atoms with E-state index in [1.807, 2.05) is 12.1 Å². The number of hydrogen-bond acceptors (Lipinski definition) is 2. The molecule has 0 amide bonds. The third kappa shape index (κ3) is 6.23. The van der Waals surface area contributed by atoms with Gasteiger partial charge < -0.3 is 9.32 Å². The first-order valence-electron chi connectivity index (χ1n) is 20.5. The lowest BCUT2D eigenvalue weighted by Gasteiger charge is -2.30. The van der Waals surface area contributed by atoms with Gasteiger partial charge in [0.05, 0.1) is 11.4 Å². The highest BCUT2D eigenvalue weighted by molar-refractivity contribution is 6.13. The molecule has 60 heavy (non-hydrogen) atoms. The molecule has 11 rings (SSSR count). The molecular weight excluding hydrogens is 727 g/mol. The molecule has 1 heterocycles. The molecule has 0 aliphatic rings. The summed E-state index contributed by atoms with van der Waals surface area (Å²) < 4.78 is 6.29. The van der Waals surface area contributed by atoms with Crippen molar-refractivity contribution in [3.05, 3.63) is 237 Å². The van der Waals surface area contributed by atoms with Gasteiger partial charge in [-0.15, -0.1) is 0 Å². The zero-order chi connectivity index (χ0) is 39.8. The zero-order valence-corrected chi connectivity index (χ0v) is 32.9. The van der Waals surface area contributed by atoms with Gasteiger partial charge >= 0.3 is 0 Å². The second-order valence-corrected chi connectivity index (χ2v) is 15.2. The molecule has 0 radical (unpaired) electrons. The summed E-state index contributed by atoms with van der Waals surface area (Å²) in [5, 5.41) is 4.70. The summed E-state index contributed by atoms with van der Waals surface area (Å²) in [5.74, 6) is 0. The number of nitrogens with zero attached hydrogens (tertiary/aromatic N) is 1. The SMILES string of the molecule is c1ccc(-c2ccc(-c3ccccc3N(c3ccc(-c4cccc5oc6ccccc6c45)cc3)c3ccccc3-c3cccc4cccc(-c5ccccc5)c34)cc2)cc1. The number of rotatable bonds is 8. The second kappa shape index (κ2) is 15.1. The molecule has 11 aromatic rings. The van der Waals surface area contributed by atoms with Gasteiger partial charge in [-0.25, -0.2) is 0 Å². The van der Waals surface area contributed by atoms with Crippen molar-refractivity contribution in [3.8, 4) is 55.6 Å². The van der Waals surface area contributed by atoms with E-state index in [0.29, 0.717) is 0 Å². The van der Waals surface area contributed by atoms with Crippen molar-refractivity contribution in [2.45, 2.75) is 0 Å². The van der Waals surface area contributed by atoms with E-state index in [2.05, 4.69) is 229 Å². The molecule has 2 nitrogen and oxygen atoms in total. The molecule has 0 atom stereocenters. The molecule has 0 aliphatic carbocycles. The van der Waals surface area contributed by atoms with Crippen molar-refractivity contribution in [2.75, 3.05) is 4.90 Å². The second-order valence-electron chi connectivity index (χ2n) is 15.2. The molecule has 282 valence electrons. The Hall–Kier alpha value is -7.94. The Morgan fingerprint density at radius 1 is 0.267 bits per heavy atom. The topological polar surface area (TPSA) is 16.4 Å². The quantitative estimate of drug-likeness (QED) is 0.153. The number of hydrogen-bond donors (Lipinski definition) is 0. The number of benzene rings is 10. The molecule has 0 saturated carbocycles. The Bertz CT molecular complexity index is 3290. The van der Waals surface area contributed by atoms with Crippen LogP contribution in [-0.4, -0.2) is 0 Å². The predicted molar refractivity (Wildman–Crippen MR) is 253 cm³/mol. The molecule has 0 bridgehead atoms. The first-order chi connectivity index (χ1) is 29.8. The van der Waals surface area contributed by atoms with Crippen LogP contribution in [0.4, 0.5) is 17.1 Å². The molecule has 0 N–H and O–H groups in total. The van der Waals surface area contributed by atoms with Crippen LogP contribution in [0.1, 0.15) is 0 Å². The maximum Gasteiger partial charge on any atom is 0.136 e. The van der Waals surface area contributed by atoms with E-state index in [9.17, 15) is 0 Å². The van der Waals surface area contributed by atoms with Gasteiger partial charge in [-0.3, -0.25) is 0 Å². The van der Waals surface area contributed by atoms with E-state index >= 15 is 0 Å². The number of fused-ring (bicyclic) bond motifs is 4. The van der Waals surface area contributed by atoms with Gasteiger partial charge in [-0.2, -0.15) is 0 Å². The van der Waals surface area contributed by atoms with E-state index in [1.54, 1.807) is 0 Å². The maximum atomic E-state index is 6.29. The minimum absolute atomic E-state index is 0.894. The predicted octanol–water partition coefficient (Wildman–Crippen LogP) is 16.5. The molecule has 0 saturated heterocycles. The first kappa shape index (κ1) is 35.2. The molecule has 0 unspecified atom stereocenters. The standard InChI is InChI=1S/C58H39NO/c1-3-16-40(17-4-1)41-32-34-43(35-33-41)47-22-7-10-28-53(47)59(46-38-36-44(37-39-46)49-26-15-31-56-58(49)52-24-9-12-30-55(52)60-56)54-29-11-8-23-50(54)51-27-14-21-45-20-13-25-48(57(45)51)42-18-5-2-6-19-42/h1-39H. The van der Waals surface area contributed by atoms with Gasteiger partial charge in [0.1, 0.15) is 11.2 Å². The van der Waals surface area contributed by atoms with E-state index in [0.717, 1.165) is 66.8 Å². The minimum Gasteiger partial charge on any atom is -0.456 e. The van der Waals surface area contributed by atoms with Gasteiger partial charge in [0.15, 0.2) is 0 Å². The van der Waals surface area contributed by atoms with Crippen LogP contribution in [0.15, 0.2) is 241 Å². The molecule has 10 aromatic carbocycles. The fourth-order valence-electron chi connectivity index (χ4n) is 8.92. The van der Waals surface area contributed by atoms with Gasteiger partial charge in [0, 0.05) is 27.6 Å². The van der Waals surface area contributed by atoms with Crippen molar-refractivity contribution in [1.29, 1.82) is 0 Å². The van der Waals surface area contributed by atoms with Crippen molar-refractivity contribution in [2.24, 2.45) is 0 Å². The smallest absolute Gasteiger partial charge is 0.136 e. The fourth-order valence-corrected chi connectivity index (χ4v) is 8.92. The van der Waals surface area contributed by atoms with Crippen LogP contribution in [0.3, 0.4) is 0 Å². The van der Waals surface area contributed by atoms with E-state index in [-0.39, 0.29) is 0 Å². The summed E-state index contributed by atoms with van der Waals surface area (Å²) in [6.45, 7) is 0. The summed E-state index contributed by atoms with van der Waals surface area (Å²) in [4.78, 5) is 2.44. The normalized spacial score (nSPS) is 11.3. The van der Waals surface area contributed by atoms with Crippen molar-refractivity contribution < 1.29 is 4.42 Å². The molecular formula is C58H39NO. The summed E-state index contributed by atoms with van der Waals surface area (Å²) in [6.07, 6.45) is 0. The summed E-state index contributed by atoms with van der Waals surface area (Å²) in [7, 11) is 0. The fraction of sp³-hybridized carbons (Fsp3) is 0. The average Bonchev–Trinajstić information content (AvgIpc) is 3.72. The van der Waals surface area contributed by atoms with Gasteiger partial charge in [0.2, 0.25) is 0 Å². The molecule has 2 heteroatoms. The highest BCUT2D eigenvalue weighted by Crippen LogP contribution is 2.48. The van der Waals surface area contributed by atoms with Crippen LogP contribution in [0.2, 0.25) is 0 Å². The van der Waals surface area contributed by atoms with Crippen LogP contribution < -0.4 is 4.90 Å².